The Hall–Kier alpha value is -4.70. The molecule has 3 aromatic carbocycles. The van der Waals surface area contributed by atoms with Crippen LogP contribution in [0.25, 0.3) is 32.9 Å². The Balaban J connectivity index is 1.56. The molecule has 172 valence electrons. The van der Waals surface area contributed by atoms with Gasteiger partial charge in [-0.1, -0.05) is 36.4 Å². The van der Waals surface area contributed by atoms with Gasteiger partial charge in [-0.25, -0.2) is 9.67 Å². The molecule has 0 unspecified atom stereocenters. The van der Waals surface area contributed by atoms with Crippen LogP contribution >= 0.6 is 0 Å². The van der Waals surface area contributed by atoms with E-state index in [0.29, 0.717) is 30.0 Å². The first-order chi connectivity index (χ1) is 17.1. The fourth-order valence-corrected chi connectivity index (χ4v) is 4.18. The Kier molecular flexibility index (Phi) is 5.86. The Bertz CT molecular complexity index is 1610. The minimum absolute atomic E-state index is 0.256. The van der Waals surface area contributed by atoms with E-state index in [1.54, 1.807) is 17.9 Å². The number of hydrogen-bond acceptors (Lipinski definition) is 5. The molecule has 5 aromatic rings. The van der Waals surface area contributed by atoms with Crippen molar-refractivity contribution in [1.29, 1.82) is 5.26 Å². The molecule has 0 saturated carbocycles. The van der Waals surface area contributed by atoms with Crippen molar-refractivity contribution < 1.29 is 9.53 Å². The molecular formula is C28H23N5O2. The zero-order chi connectivity index (χ0) is 24.4. The first-order valence-corrected chi connectivity index (χ1v) is 11.3. The lowest BCUT2D eigenvalue weighted by Crippen LogP contribution is -2.16. The van der Waals surface area contributed by atoms with Gasteiger partial charge < -0.3 is 10.1 Å². The molecule has 1 amide bonds. The van der Waals surface area contributed by atoms with Crippen molar-refractivity contribution in [1.82, 2.24) is 14.8 Å². The normalized spacial score (nSPS) is 10.9. The minimum Gasteiger partial charge on any atom is -0.497 e. The number of nitriles is 1. The Morgan fingerprint density at radius 3 is 2.69 bits per heavy atom. The van der Waals surface area contributed by atoms with Gasteiger partial charge in [0.25, 0.3) is 5.91 Å². The van der Waals surface area contributed by atoms with E-state index in [9.17, 15) is 4.79 Å². The third-order valence-corrected chi connectivity index (χ3v) is 5.88. The van der Waals surface area contributed by atoms with Gasteiger partial charge in [-0.3, -0.25) is 4.79 Å². The minimum atomic E-state index is -0.256. The van der Waals surface area contributed by atoms with Crippen LogP contribution in [0.2, 0.25) is 0 Å². The van der Waals surface area contributed by atoms with Crippen LogP contribution in [0.15, 0.2) is 72.8 Å². The first-order valence-electron chi connectivity index (χ1n) is 11.3. The van der Waals surface area contributed by atoms with E-state index in [1.807, 2.05) is 67.6 Å². The van der Waals surface area contributed by atoms with Crippen molar-refractivity contribution in [3.8, 4) is 23.1 Å². The second-order valence-electron chi connectivity index (χ2n) is 8.26. The quantitative estimate of drug-likeness (QED) is 0.348. The van der Waals surface area contributed by atoms with Crippen molar-refractivity contribution in [3.63, 3.8) is 0 Å². The number of nitrogens with one attached hydrogen (secondary N) is 1. The zero-order valence-corrected chi connectivity index (χ0v) is 19.4. The number of nitrogens with zero attached hydrogens (tertiary/aromatic N) is 4. The maximum Gasteiger partial charge on any atom is 0.257 e. The molecule has 5 rings (SSSR count). The summed E-state index contributed by atoms with van der Waals surface area (Å²) < 4.78 is 6.98. The van der Waals surface area contributed by atoms with Crippen LogP contribution in [-0.4, -0.2) is 27.8 Å². The summed E-state index contributed by atoms with van der Waals surface area (Å²) in [6, 6.07) is 25.4. The Labute approximate surface area is 202 Å². The SMILES string of the molecule is COc1ccc2cc(-c3cc(C(=O)Nc4cc(C)nn4CCC#N)c4ccccc4n3)ccc2c1. The second kappa shape index (κ2) is 9.27. The molecule has 0 radical (unpaired) electrons. The van der Waals surface area contributed by atoms with Crippen LogP contribution in [0.1, 0.15) is 22.5 Å². The van der Waals surface area contributed by atoms with Gasteiger partial charge in [-0.15, -0.1) is 0 Å². The third kappa shape index (κ3) is 4.42. The lowest BCUT2D eigenvalue weighted by Gasteiger charge is -2.12. The highest BCUT2D eigenvalue weighted by Gasteiger charge is 2.17. The predicted molar refractivity (Wildman–Crippen MR) is 136 cm³/mol. The van der Waals surface area contributed by atoms with E-state index in [4.69, 9.17) is 15.0 Å². The highest BCUT2D eigenvalue weighted by Crippen LogP contribution is 2.29. The van der Waals surface area contributed by atoms with Crippen molar-refractivity contribution in [3.05, 3.63) is 84.1 Å². The monoisotopic (exact) mass is 461 g/mol. The largest absolute Gasteiger partial charge is 0.497 e. The maximum absolute atomic E-state index is 13.5. The second-order valence-corrected chi connectivity index (χ2v) is 8.26. The number of pyridine rings is 1. The number of fused-ring (bicyclic) bond motifs is 2. The number of aromatic nitrogens is 3. The number of carbonyl (C=O) groups is 1. The number of carbonyl (C=O) groups excluding carboxylic acids is 1. The third-order valence-electron chi connectivity index (χ3n) is 5.88. The molecule has 0 fully saturated rings. The molecule has 0 atom stereocenters. The van der Waals surface area contributed by atoms with Crippen molar-refractivity contribution in [2.24, 2.45) is 0 Å². The van der Waals surface area contributed by atoms with E-state index >= 15 is 0 Å². The number of rotatable bonds is 6. The van der Waals surface area contributed by atoms with E-state index < -0.39 is 0 Å². The molecular weight excluding hydrogens is 438 g/mol. The van der Waals surface area contributed by atoms with Gasteiger partial charge in [0.05, 0.1) is 48.6 Å². The Morgan fingerprint density at radius 2 is 1.86 bits per heavy atom. The van der Waals surface area contributed by atoms with E-state index in [1.165, 1.54) is 0 Å². The van der Waals surface area contributed by atoms with Gasteiger partial charge in [-0.05, 0) is 48.0 Å². The van der Waals surface area contributed by atoms with Crippen LogP contribution in [-0.2, 0) is 6.54 Å². The molecule has 0 bridgehead atoms. The zero-order valence-electron chi connectivity index (χ0n) is 19.4. The number of amides is 1. The topological polar surface area (TPSA) is 92.8 Å². The molecule has 1 N–H and O–H groups in total. The van der Waals surface area contributed by atoms with E-state index in [-0.39, 0.29) is 5.91 Å². The smallest absolute Gasteiger partial charge is 0.257 e. The fourth-order valence-electron chi connectivity index (χ4n) is 4.18. The van der Waals surface area contributed by atoms with Gasteiger partial charge in [0.15, 0.2) is 0 Å². The summed E-state index contributed by atoms with van der Waals surface area (Å²) in [5.41, 5.74) is 3.65. The summed E-state index contributed by atoms with van der Waals surface area (Å²) >= 11 is 0. The molecule has 2 aromatic heterocycles. The molecule has 35 heavy (non-hydrogen) atoms. The van der Waals surface area contributed by atoms with Gasteiger partial charge in [0.2, 0.25) is 0 Å². The molecule has 0 aliphatic heterocycles. The highest BCUT2D eigenvalue weighted by molar-refractivity contribution is 6.13. The number of anilines is 1. The number of para-hydroxylation sites is 1. The van der Waals surface area contributed by atoms with Gasteiger partial charge in [-0.2, -0.15) is 10.4 Å². The molecule has 0 aliphatic rings. The number of ether oxygens (including phenoxy) is 1. The number of benzene rings is 3. The van der Waals surface area contributed by atoms with Crippen LogP contribution in [0.3, 0.4) is 0 Å². The summed E-state index contributed by atoms with van der Waals surface area (Å²) in [5.74, 6) is 1.11. The van der Waals surface area contributed by atoms with Crippen LogP contribution in [0.4, 0.5) is 5.82 Å². The number of hydrogen-bond donors (Lipinski definition) is 1. The van der Waals surface area contributed by atoms with Gasteiger partial charge in [0, 0.05) is 17.0 Å². The predicted octanol–water partition coefficient (Wildman–Crippen LogP) is 5.73. The average Bonchev–Trinajstić information content (AvgIpc) is 3.24. The summed E-state index contributed by atoms with van der Waals surface area (Å²) in [7, 11) is 1.65. The molecule has 7 nitrogen and oxygen atoms in total. The van der Waals surface area contributed by atoms with Crippen LogP contribution in [0, 0.1) is 18.3 Å². The van der Waals surface area contributed by atoms with Crippen molar-refractivity contribution in [2.45, 2.75) is 19.9 Å². The van der Waals surface area contributed by atoms with Crippen LogP contribution < -0.4 is 10.1 Å². The number of aryl methyl sites for hydroxylation is 2. The van der Waals surface area contributed by atoms with Crippen LogP contribution in [0.5, 0.6) is 5.75 Å². The summed E-state index contributed by atoms with van der Waals surface area (Å²) in [4.78, 5) is 18.3. The average molecular weight is 462 g/mol. The summed E-state index contributed by atoms with van der Waals surface area (Å²) in [6.45, 7) is 2.26. The van der Waals surface area contributed by atoms with Crippen molar-refractivity contribution in [2.75, 3.05) is 12.4 Å². The lowest BCUT2D eigenvalue weighted by molar-refractivity contribution is 0.102. The highest BCUT2D eigenvalue weighted by atomic mass is 16.5. The molecule has 7 heteroatoms. The maximum atomic E-state index is 13.5. The van der Waals surface area contributed by atoms with Gasteiger partial charge in [0.1, 0.15) is 11.6 Å². The molecule has 0 spiro atoms. The van der Waals surface area contributed by atoms with E-state index in [2.05, 4.69) is 22.6 Å². The number of methoxy groups -OCH3 is 1. The lowest BCUT2D eigenvalue weighted by atomic mass is 10.0. The fraction of sp³-hybridized carbons (Fsp3) is 0.143. The summed E-state index contributed by atoms with van der Waals surface area (Å²) in [5, 5.41) is 19.2. The first kappa shape index (κ1) is 22.1. The molecule has 0 aliphatic carbocycles. The van der Waals surface area contributed by atoms with Gasteiger partial charge >= 0.3 is 0 Å². The summed E-state index contributed by atoms with van der Waals surface area (Å²) in [6.07, 6.45) is 0.306. The molecule has 0 saturated heterocycles. The van der Waals surface area contributed by atoms with E-state index in [0.717, 1.165) is 38.7 Å². The molecule has 2 heterocycles. The van der Waals surface area contributed by atoms with Crippen molar-refractivity contribution >= 4 is 33.4 Å². The Morgan fingerprint density at radius 1 is 1.06 bits per heavy atom. The standard InChI is InChI=1S/C28H23N5O2/c1-18-14-27(33(32-18)13-5-12-29)31-28(34)24-17-26(30-25-7-4-3-6-23(24)25)21-9-8-20-16-22(35-2)11-10-19(20)15-21/h3-4,6-11,14-17H,5,13H2,1-2H3,(H,31,34).